The molecular formula is C17H34. The summed E-state index contributed by atoms with van der Waals surface area (Å²) in [7, 11) is 0. The second-order valence-corrected chi connectivity index (χ2v) is 6.78. The zero-order chi connectivity index (χ0) is 12.7. The topological polar surface area (TPSA) is 0 Å². The van der Waals surface area contributed by atoms with E-state index < -0.39 is 0 Å². The van der Waals surface area contributed by atoms with Crippen LogP contribution in [0.3, 0.4) is 0 Å². The summed E-state index contributed by atoms with van der Waals surface area (Å²) in [6.45, 7) is 9.68. The minimum atomic E-state index is 0.699. The molecule has 1 fully saturated rings. The summed E-state index contributed by atoms with van der Waals surface area (Å²) < 4.78 is 0. The van der Waals surface area contributed by atoms with Gasteiger partial charge in [-0.1, -0.05) is 72.6 Å². The van der Waals surface area contributed by atoms with Gasteiger partial charge in [0.15, 0.2) is 0 Å². The highest BCUT2D eigenvalue weighted by Crippen LogP contribution is 2.51. The van der Waals surface area contributed by atoms with Crippen LogP contribution < -0.4 is 0 Å². The smallest absolute Gasteiger partial charge is 0.0297 e. The first kappa shape index (κ1) is 15.1. The highest BCUT2D eigenvalue weighted by molar-refractivity contribution is 4.90. The summed E-state index contributed by atoms with van der Waals surface area (Å²) in [6.07, 6.45) is 14.6. The molecule has 0 aromatic rings. The normalized spacial score (nSPS) is 30.0. The zero-order valence-electron chi connectivity index (χ0n) is 12.7. The fraction of sp³-hybridized carbons (Fsp3) is 1.00. The molecule has 0 nitrogen and oxygen atoms in total. The van der Waals surface area contributed by atoms with Crippen molar-refractivity contribution in [2.75, 3.05) is 0 Å². The Hall–Kier alpha value is 0. The lowest BCUT2D eigenvalue weighted by molar-refractivity contribution is 0.0331. The highest BCUT2D eigenvalue weighted by atomic mass is 14.4. The summed E-state index contributed by atoms with van der Waals surface area (Å²) >= 11 is 0. The summed E-state index contributed by atoms with van der Waals surface area (Å²) in [5.74, 6) is 1.99. The van der Waals surface area contributed by atoms with Crippen LogP contribution in [0.5, 0.6) is 0 Å². The average molecular weight is 238 g/mol. The van der Waals surface area contributed by atoms with Crippen molar-refractivity contribution in [1.82, 2.24) is 0 Å². The van der Waals surface area contributed by atoms with Crippen molar-refractivity contribution in [2.45, 2.75) is 91.9 Å². The Morgan fingerprint density at radius 2 is 1.82 bits per heavy atom. The van der Waals surface area contributed by atoms with E-state index >= 15 is 0 Å². The molecule has 0 saturated heterocycles. The molecule has 17 heavy (non-hydrogen) atoms. The molecule has 1 aliphatic rings. The second kappa shape index (κ2) is 7.44. The molecule has 1 aliphatic carbocycles. The average Bonchev–Trinajstić information content (AvgIpc) is 2.35. The Balaban J connectivity index is 2.15. The van der Waals surface area contributed by atoms with E-state index in [2.05, 4.69) is 27.7 Å². The molecular weight excluding hydrogens is 204 g/mol. The summed E-state index contributed by atoms with van der Waals surface area (Å²) in [4.78, 5) is 0. The molecule has 0 aromatic carbocycles. The standard InChI is InChI=1S/C17H34/c1-5-7-8-9-10-11-16(6-2)14-17(4)13-12-15(17)3/h15-16H,5-14H2,1-4H3. The minimum absolute atomic E-state index is 0.699. The third-order valence-corrected chi connectivity index (χ3v) is 5.39. The summed E-state index contributed by atoms with van der Waals surface area (Å²) in [5, 5.41) is 0. The maximum atomic E-state index is 2.53. The van der Waals surface area contributed by atoms with Crippen LogP contribution in [-0.2, 0) is 0 Å². The van der Waals surface area contributed by atoms with E-state index in [4.69, 9.17) is 0 Å². The van der Waals surface area contributed by atoms with Crippen molar-refractivity contribution in [3.05, 3.63) is 0 Å². The number of hydrogen-bond acceptors (Lipinski definition) is 0. The van der Waals surface area contributed by atoms with Gasteiger partial charge in [-0.2, -0.15) is 0 Å². The highest BCUT2D eigenvalue weighted by Gasteiger charge is 2.40. The van der Waals surface area contributed by atoms with E-state index in [1.165, 1.54) is 64.2 Å². The van der Waals surface area contributed by atoms with Crippen molar-refractivity contribution < 1.29 is 0 Å². The maximum Gasteiger partial charge on any atom is -0.0297 e. The lowest BCUT2D eigenvalue weighted by Gasteiger charge is -2.47. The molecule has 1 saturated carbocycles. The molecule has 1 rings (SSSR count). The van der Waals surface area contributed by atoms with Crippen molar-refractivity contribution in [3.8, 4) is 0 Å². The van der Waals surface area contributed by atoms with Crippen LogP contribution in [0.1, 0.15) is 91.9 Å². The number of unbranched alkanes of at least 4 members (excludes halogenated alkanes) is 4. The molecule has 0 amide bonds. The Bertz CT molecular complexity index is 196. The fourth-order valence-corrected chi connectivity index (χ4v) is 3.38. The van der Waals surface area contributed by atoms with Gasteiger partial charge in [0, 0.05) is 0 Å². The monoisotopic (exact) mass is 238 g/mol. The molecule has 3 unspecified atom stereocenters. The summed E-state index contributed by atoms with van der Waals surface area (Å²) in [5.41, 5.74) is 0.699. The number of rotatable bonds is 9. The molecule has 0 spiro atoms. The fourth-order valence-electron chi connectivity index (χ4n) is 3.38. The predicted molar refractivity (Wildman–Crippen MR) is 78.3 cm³/mol. The molecule has 0 bridgehead atoms. The van der Waals surface area contributed by atoms with E-state index in [1.54, 1.807) is 0 Å². The first-order valence-electron chi connectivity index (χ1n) is 8.12. The van der Waals surface area contributed by atoms with Crippen LogP contribution in [0, 0.1) is 17.3 Å². The Morgan fingerprint density at radius 3 is 2.29 bits per heavy atom. The van der Waals surface area contributed by atoms with Crippen LogP contribution in [-0.4, -0.2) is 0 Å². The van der Waals surface area contributed by atoms with Gasteiger partial charge < -0.3 is 0 Å². The van der Waals surface area contributed by atoms with Gasteiger partial charge in [0.25, 0.3) is 0 Å². The van der Waals surface area contributed by atoms with Gasteiger partial charge in [0.1, 0.15) is 0 Å². The number of hydrogen-bond donors (Lipinski definition) is 0. The van der Waals surface area contributed by atoms with Crippen molar-refractivity contribution in [1.29, 1.82) is 0 Å². The largest absolute Gasteiger partial charge is 0.0654 e. The lowest BCUT2D eigenvalue weighted by atomic mass is 9.58. The Labute approximate surface area is 110 Å². The van der Waals surface area contributed by atoms with E-state index in [0.29, 0.717) is 5.41 Å². The van der Waals surface area contributed by atoms with Crippen molar-refractivity contribution in [3.63, 3.8) is 0 Å². The summed E-state index contributed by atoms with van der Waals surface area (Å²) in [6, 6.07) is 0. The van der Waals surface area contributed by atoms with Gasteiger partial charge in [-0.25, -0.2) is 0 Å². The molecule has 0 aromatic heterocycles. The van der Waals surface area contributed by atoms with Gasteiger partial charge in [0.05, 0.1) is 0 Å². The first-order chi connectivity index (χ1) is 8.12. The van der Waals surface area contributed by atoms with E-state index in [1.807, 2.05) is 0 Å². The van der Waals surface area contributed by atoms with Gasteiger partial charge >= 0.3 is 0 Å². The van der Waals surface area contributed by atoms with Gasteiger partial charge in [-0.05, 0) is 36.5 Å². The Kier molecular flexibility index (Phi) is 6.59. The maximum absolute atomic E-state index is 2.53. The quantitative estimate of drug-likeness (QED) is 0.419. The second-order valence-electron chi connectivity index (χ2n) is 6.78. The van der Waals surface area contributed by atoms with Crippen molar-refractivity contribution in [2.24, 2.45) is 17.3 Å². The molecule has 0 N–H and O–H groups in total. The van der Waals surface area contributed by atoms with Crippen LogP contribution in [0.15, 0.2) is 0 Å². The van der Waals surface area contributed by atoms with Gasteiger partial charge in [0.2, 0.25) is 0 Å². The Morgan fingerprint density at radius 1 is 1.12 bits per heavy atom. The third-order valence-electron chi connectivity index (χ3n) is 5.39. The van der Waals surface area contributed by atoms with Crippen LogP contribution in [0.2, 0.25) is 0 Å². The minimum Gasteiger partial charge on any atom is -0.0654 e. The van der Waals surface area contributed by atoms with E-state index in [0.717, 1.165) is 11.8 Å². The molecule has 3 atom stereocenters. The van der Waals surface area contributed by atoms with E-state index in [-0.39, 0.29) is 0 Å². The molecule has 0 heteroatoms. The third kappa shape index (κ3) is 4.64. The predicted octanol–water partition coefficient (Wildman–Crippen LogP) is 6.20. The lowest BCUT2D eigenvalue weighted by Crippen LogP contribution is -2.37. The van der Waals surface area contributed by atoms with Crippen molar-refractivity contribution >= 4 is 0 Å². The van der Waals surface area contributed by atoms with Crippen LogP contribution >= 0.6 is 0 Å². The van der Waals surface area contributed by atoms with E-state index in [9.17, 15) is 0 Å². The molecule has 0 radical (unpaired) electrons. The van der Waals surface area contributed by atoms with Crippen LogP contribution in [0.4, 0.5) is 0 Å². The van der Waals surface area contributed by atoms with Gasteiger partial charge in [-0.15, -0.1) is 0 Å². The van der Waals surface area contributed by atoms with Gasteiger partial charge in [-0.3, -0.25) is 0 Å². The molecule has 102 valence electrons. The molecule has 0 aliphatic heterocycles. The molecule has 0 heterocycles. The first-order valence-corrected chi connectivity index (χ1v) is 8.12. The SMILES string of the molecule is CCCCCCCC(CC)CC1(C)CCC1C. The van der Waals surface area contributed by atoms with Crippen LogP contribution in [0.25, 0.3) is 0 Å². The zero-order valence-corrected chi connectivity index (χ0v) is 12.7.